The van der Waals surface area contributed by atoms with Crippen molar-refractivity contribution in [2.24, 2.45) is 5.92 Å². The predicted octanol–water partition coefficient (Wildman–Crippen LogP) is 3.11. The third-order valence-corrected chi connectivity index (χ3v) is 2.49. The number of ether oxygens (including phenoxy) is 1. The fraction of sp³-hybridized carbons (Fsp3) is 0.800. The maximum atomic E-state index is 13.2. The van der Waals surface area contributed by atoms with Gasteiger partial charge < -0.3 is 9.84 Å². The molecule has 136 valence electrons. The molecule has 0 aliphatic carbocycles. The summed E-state index contributed by atoms with van der Waals surface area (Å²) in [7, 11) is 0. The molecular weight excluding hydrogens is 355 g/mol. The maximum Gasteiger partial charge on any atom is 0.460 e. The topological polar surface area (TPSA) is 63.6 Å². The third-order valence-electron chi connectivity index (χ3n) is 2.49. The summed E-state index contributed by atoms with van der Waals surface area (Å²) >= 11 is 0. The number of halogens is 9. The number of esters is 1. The number of alkyl halides is 9. The molecule has 23 heavy (non-hydrogen) atoms. The molecule has 0 radical (unpaired) electrons. The maximum absolute atomic E-state index is 13.2. The Balaban J connectivity index is 5.65. The van der Waals surface area contributed by atoms with E-state index < -0.39 is 47.9 Å². The van der Waals surface area contributed by atoms with E-state index in [9.17, 15) is 49.1 Å². The fourth-order valence-electron chi connectivity index (χ4n) is 1.25. The molecule has 0 bridgehead atoms. The molecule has 0 aromatic rings. The van der Waals surface area contributed by atoms with Crippen molar-refractivity contribution >= 4 is 11.9 Å². The molecular formula is C10H9F9O4. The van der Waals surface area contributed by atoms with Crippen LogP contribution in [0.5, 0.6) is 0 Å². The zero-order chi connectivity index (χ0) is 19.0. The Labute approximate surface area is 122 Å². The van der Waals surface area contributed by atoms with Gasteiger partial charge in [-0.2, -0.15) is 39.5 Å². The summed E-state index contributed by atoms with van der Waals surface area (Å²) in [6.45, 7) is 1.49. The van der Waals surface area contributed by atoms with Gasteiger partial charge >= 0.3 is 35.9 Å². The molecule has 0 saturated heterocycles. The number of carbonyl (C=O) groups is 2. The first-order valence-electron chi connectivity index (χ1n) is 5.55. The minimum absolute atomic E-state index is 0.745. The average molecular weight is 364 g/mol. The molecule has 1 atom stereocenters. The summed E-state index contributed by atoms with van der Waals surface area (Å²) in [5, 5.41) is 8.21. The van der Waals surface area contributed by atoms with Crippen LogP contribution in [-0.2, 0) is 14.3 Å². The molecule has 0 rings (SSSR count). The number of carboxylic acids is 1. The number of aliphatic carboxylic acids is 1. The average Bonchev–Trinajstić information content (AvgIpc) is 2.32. The van der Waals surface area contributed by atoms with E-state index in [-0.39, 0.29) is 0 Å². The van der Waals surface area contributed by atoms with E-state index in [1.165, 1.54) is 0 Å². The van der Waals surface area contributed by atoms with Crippen LogP contribution in [0.3, 0.4) is 0 Å². The molecule has 0 saturated carbocycles. The van der Waals surface area contributed by atoms with Gasteiger partial charge in [0.05, 0.1) is 0 Å². The summed E-state index contributed by atoms with van der Waals surface area (Å²) in [6, 6.07) is 0. The second-order valence-corrected chi connectivity index (χ2v) is 4.64. The number of rotatable bonds is 6. The van der Waals surface area contributed by atoms with Crippen molar-refractivity contribution in [2.75, 3.05) is 0 Å². The van der Waals surface area contributed by atoms with Crippen LogP contribution in [0.25, 0.3) is 0 Å². The summed E-state index contributed by atoms with van der Waals surface area (Å²) in [4.78, 5) is 21.2. The van der Waals surface area contributed by atoms with E-state index in [0.717, 1.165) is 13.8 Å². The normalized spacial score (nSPS) is 15.5. The molecule has 0 aromatic heterocycles. The van der Waals surface area contributed by atoms with Crippen LogP contribution in [0.1, 0.15) is 13.8 Å². The highest BCUT2D eigenvalue weighted by molar-refractivity contribution is 5.81. The standard InChI is InChI=1S/C10H9F9O4/c1-3(2)4(7(11,12)5(20)21)23-6(22)8(13,14)9(15,16)10(17,18)19/h3-4H,1-2H3,(H,20,21). The molecule has 0 aliphatic heterocycles. The Morgan fingerprint density at radius 3 is 1.57 bits per heavy atom. The Morgan fingerprint density at radius 2 is 1.30 bits per heavy atom. The third kappa shape index (κ3) is 3.80. The molecule has 4 nitrogen and oxygen atoms in total. The second kappa shape index (κ2) is 6.07. The van der Waals surface area contributed by atoms with Gasteiger partial charge in [-0.1, -0.05) is 13.8 Å². The fourth-order valence-corrected chi connectivity index (χ4v) is 1.25. The van der Waals surface area contributed by atoms with Crippen molar-refractivity contribution in [1.82, 2.24) is 0 Å². The summed E-state index contributed by atoms with van der Waals surface area (Å²) in [5.74, 6) is -26.7. The molecule has 0 heterocycles. The summed E-state index contributed by atoms with van der Waals surface area (Å²) < 4.78 is 116. The molecule has 0 spiro atoms. The van der Waals surface area contributed by atoms with Crippen molar-refractivity contribution < 1.29 is 58.9 Å². The van der Waals surface area contributed by atoms with Crippen molar-refractivity contribution in [3.8, 4) is 0 Å². The lowest BCUT2D eigenvalue weighted by Gasteiger charge is -2.31. The first-order chi connectivity index (χ1) is 9.90. The first-order valence-corrected chi connectivity index (χ1v) is 5.55. The van der Waals surface area contributed by atoms with Crippen LogP contribution >= 0.6 is 0 Å². The number of carboxylic acid groups (broad SMARTS) is 1. The summed E-state index contributed by atoms with van der Waals surface area (Å²) in [6.07, 6.45) is -10.1. The molecule has 0 aromatic carbocycles. The number of hydrogen-bond acceptors (Lipinski definition) is 3. The zero-order valence-corrected chi connectivity index (χ0v) is 11.2. The number of carbonyl (C=O) groups excluding carboxylic acids is 1. The van der Waals surface area contributed by atoms with Gasteiger partial charge in [-0.05, 0) is 5.92 Å². The van der Waals surface area contributed by atoms with E-state index in [0.29, 0.717) is 0 Å². The quantitative estimate of drug-likeness (QED) is 0.581. The van der Waals surface area contributed by atoms with E-state index in [2.05, 4.69) is 4.74 Å². The van der Waals surface area contributed by atoms with E-state index in [4.69, 9.17) is 5.11 Å². The van der Waals surface area contributed by atoms with Crippen molar-refractivity contribution in [2.45, 2.75) is 43.9 Å². The van der Waals surface area contributed by atoms with E-state index >= 15 is 0 Å². The lowest BCUT2D eigenvalue weighted by atomic mass is 10.0. The Bertz CT molecular complexity index is 469. The Hall–Kier alpha value is -1.69. The van der Waals surface area contributed by atoms with Gasteiger partial charge in [-0.25, -0.2) is 9.59 Å². The smallest absolute Gasteiger partial charge is 0.460 e. The van der Waals surface area contributed by atoms with Gasteiger partial charge in [0.25, 0.3) is 0 Å². The van der Waals surface area contributed by atoms with Crippen LogP contribution < -0.4 is 0 Å². The Morgan fingerprint density at radius 1 is 0.913 bits per heavy atom. The monoisotopic (exact) mass is 364 g/mol. The minimum Gasteiger partial charge on any atom is -0.477 e. The number of hydrogen-bond donors (Lipinski definition) is 1. The van der Waals surface area contributed by atoms with Gasteiger partial charge in [-0.3, -0.25) is 0 Å². The lowest BCUT2D eigenvalue weighted by Crippen LogP contribution is -2.58. The first kappa shape index (κ1) is 21.3. The molecule has 13 heteroatoms. The van der Waals surface area contributed by atoms with Crippen molar-refractivity contribution in [3.05, 3.63) is 0 Å². The Kier molecular flexibility index (Phi) is 5.63. The highest BCUT2D eigenvalue weighted by atomic mass is 19.4. The molecule has 0 aliphatic rings. The largest absolute Gasteiger partial charge is 0.477 e. The van der Waals surface area contributed by atoms with Gasteiger partial charge in [0.2, 0.25) is 0 Å². The molecule has 0 amide bonds. The zero-order valence-electron chi connectivity index (χ0n) is 11.2. The van der Waals surface area contributed by atoms with Crippen LogP contribution in [0.4, 0.5) is 39.5 Å². The van der Waals surface area contributed by atoms with E-state index in [1.54, 1.807) is 0 Å². The molecule has 1 N–H and O–H groups in total. The molecule has 0 fully saturated rings. The van der Waals surface area contributed by atoms with Gasteiger partial charge in [0, 0.05) is 0 Å². The lowest BCUT2D eigenvalue weighted by molar-refractivity contribution is -0.350. The van der Waals surface area contributed by atoms with Gasteiger partial charge in [-0.15, -0.1) is 0 Å². The van der Waals surface area contributed by atoms with Crippen LogP contribution in [-0.4, -0.2) is 47.1 Å². The van der Waals surface area contributed by atoms with E-state index in [1.807, 2.05) is 0 Å². The predicted molar refractivity (Wildman–Crippen MR) is 53.2 cm³/mol. The highest BCUT2D eigenvalue weighted by Crippen LogP contribution is 2.47. The van der Waals surface area contributed by atoms with Crippen LogP contribution in [0, 0.1) is 5.92 Å². The minimum atomic E-state index is -6.91. The van der Waals surface area contributed by atoms with Crippen molar-refractivity contribution in [1.29, 1.82) is 0 Å². The summed E-state index contributed by atoms with van der Waals surface area (Å²) in [5.41, 5.74) is 0. The van der Waals surface area contributed by atoms with Crippen molar-refractivity contribution in [3.63, 3.8) is 0 Å². The second-order valence-electron chi connectivity index (χ2n) is 4.64. The van der Waals surface area contributed by atoms with Crippen LogP contribution in [0.15, 0.2) is 0 Å². The SMILES string of the molecule is CC(C)C(OC(=O)C(F)(F)C(F)(F)C(F)(F)F)C(F)(F)C(=O)O. The van der Waals surface area contributed by atoms with Gasteiger partial charge in [0.1, 0.15) is 0 Å². The molecule has 1 unspecified atom stereocenters. The van der Waals surface area contributed by atoms with Gasteiger partial charge in [0.15, 0.2) is 6.10 Å². The highest BCUT2D eigenvalue weighted by Gasteiger charge is 2.77. The van der Waals surface area contributed by atoms with Crippen LogP contribution in [0.2, 0.25) is 0 Å².